The van der Waals surface area contributed by atoms with Gasteiger partial charge in [0.15, 0.2) is 11.0 Å². The van der Waals surface area contributed by atoms with Crippen molar-refractivity contribution in [2.75, 3.05) is 11.1 Å². The van der Waals surface area contributed by atoms with E-state index in [0.717, 1.165) is 11.4 Å². The Bertz CT molecular complexity index is 789. The van der Waals surface area contributed by atoms with Gasteiger partial charge in [-0.2, -0.15) is 0 Å². The molecule has 2 heterocycles. The molecular formula is C16H15N5OS. The van der Waals surface area contributed by atoms with Crippen molar-refractivity contribution in [2.45, 2.75) is 5.16 Å². The highest BCUT2D eigenvalue weighted by atomic mass is 32.2. The lowest BCUT2D eigenvalue weighted by Crippen LogP contribution is -2.15. The molecule has 1 aromatic carbocycles. The summed E-state index contributed by atoms with van der Waals surface area (Å²) in [5.74, 6) is 1.44. The van der Waals surface area contributed by atoms with Gasteiger partial charge in [-0.15, -0.1) is 10.2 Å². The van der Waals surface area contributed by atoms with Crippen LogP contribution in [0.25, 0.3) is 11.4 Å². The lowest BCUT2D eigenvalue weighted by Gasteiger charge is -2.05. The van der Waals surface area contributed by atoms with Crippen molar-refractivity contribution >= 4 is 23.5 Å². The van der Waals surface area contributed by atoms with Crippen molar-refractivity contribution in [1.82, 2.24) is 19.7 Å². The molecule has 3 rings (SSSR count). The van der Waals surface area contributed by atoms with E-state index in [1.54, 1.807) is 18.3 Å². The van der Waals surface area contributed by atoms with E-state index in [1.807, 2.05) is 48.0 Å². The van der Waals surface area contributed by atoms with Gasteiger partial charge in [0.05, 0.1) is 5.75 Å². The van der Waals surface area contributed by atoms with E-state index in [2.05, 4.69) is 20.5 Å². The van der Waals surface area contributed by atoms with Gasteiger partial charge in [0, 0.05) is 18.8 Å². The first-order chi connectivity index (χ1) is 11.2. The van der Waals surface area contributed by atoms with Gasteiger partial charge in [0.25, 0.3) is 0 Å². The molecule has 0 atom stereocenters. The van der Waals surface area contributed by atoms with E-state index in [-0.39, 0.29) is 11.7 Å². The van der Waals surface area contributed by atoms with Crippen LogP contribution in [0.1, 0.15) is 0 Å². The summed E-state index contributed by atoms with van der Waals surface area (Å²) in [6, 6.07) is 15.2. The van der Waals surface area contributed by atoms with Gasteiger partial charge >= 0.3 is 0 Å². The van der Waals surface area contributed by atoms with Crippen molar-refractivity contribution in [3.63, 3.8) is 0 Å². The average molecular weight is 325 g/mol. The number of amides is 1. The number of anilines is 1. The average Bonchev–Trinajstić information content (AvgIpc) is 2.95. The Balaban J connectivity index is 1.63. The molecule has 0 spiro atoms. The Morgan fingerprint density at radius 3 is 2.65 bits per heavy atom. The highest BCUT2D eigenvalue weighted by molar-refractivity contribution is 7.99. The summed E-state index contributed by atoms with van der Waals surface area (Å²) in [6.07, 6.45) is 1.64. The maximum absolute atomic E-state index is 11.9. The molecule has 1 N–H and O–H groups in total. The van der Waals surface area contributed by atoms with Gasteiger partial charge in [-0.25, -0.2) is 4.98 Å². The Morgan fingerprint density at radius 2 is 1.91 bits per heavy atom. The fourth-order valence-corrected chi connectivity index (χ4v) is 2.74. The summed E-state index contributed by atoms with van der Waals surface area (Å²) in [6.45, 7) is 0. The molecule has 3 aromatic rings. The number of rotatable bonds is 5. The predicted octanol–water partition coefficient (Wildman–Crippen LogP) is 2.61. The zero-order valence-electron chi connectivity index (χ0n) is 12.5. The van der Waals surface area contributed by atoms with Crippen LogP contribution in [0.15, 0.2) is 59.9 Å². The van der Waals surface area contributed by atoms with Crippen LogP contribution in [-0.2, 0) is 11.8 Å². The third kappa shape index (κ3) is 3.75. The maximum atomic E-state index is 11.9. The van der Waals surface area contributed by atoms with E-state index in [0.29, 0.717) is 11.0 Å². The molecule has 0 fully saturated rings. The summed E-state index contributed by atoms with van der Waals surface area (Å²) < 4.78 is 1.88. The number of hydrogen-bond acceptors (Lipinski definition) is 5. The van der Waals surface area contributed by atoms with Crippen molar-refractivity contribution in [3.05, 3.63) is 54.7 Å². The summed E-state index contributed by atoms with van der Waals surface area (Å²) in [4.78, 5) is 16.0. The third-order valence-corrected chi connectivity index (χ3v) is 4.15. The van der Waals surface area contributed by atoms with Gasteiger partial charge < -0.3 is 9.88 Å². The monoisotopic (exact) mass is 325 g/mol. The number of carbonyl (C=O) groups excluding carboxylic acids is 1. The molecule has 7 heteroatoms. The molecular weight excluding hydrogens is 310 g/mol. The lowest BCUT2D eigenvalue weighted by atomic mass is 10.2. The molecule has 0 saturated heterocycles. The highest BCUT2D eigenvalue weighted by Gasteiger charge is 2.12. The van der Waals surface area contributed by atoms with Crippen LogP contribution in [0.4, 0.5) is 5.82 Å². The molecule has 1 amide bonds. The van der Waals surface area contributed by atoms with E-state index < -0.39 is 0 Å². The number of nitrogens with one attached hydrogen (secondary N) is 1. The second kappa shape index (κ2) is 7.06. The molecule has 0 unspecified atom stereocenters. The van der Waals surface area contributed by atoms with Gasteiger partial charge in [0.2, 0.25) is 5.91 Å². The van der Waals surface area contributed by atoms with Crippen LogP contribution in [0.2, 0.25) is 0 Å². The van der Waals surface area contributed by atoms with Crippen LogP contribution in [0, 0.1) is 0 Å². The van der Waals surface area contributed by atoms with Crippen LogP contribution in [0.5, 0.6) is 0 Å². The summed E-state index contributed by atoms with van der Waals surface area (Å²) in [5.41, 5.74) is 0.993. The Labute approximate surface area is 138 Å². The van der Waals surface area contributed by atoms with E-state index in [4.69, 9.17) is 0 Å². The first-order valence-electron chi connectivity index (χ1n) is 7.02. The fraction of sp³-hybridized carbons (Fsp3) is 0.125. The Hall–Kier alpha value is -2.67. The number of hydrogen-bond donors (Lipinski definition) is 1. The molecule has 0 saturated carbocycles. The van der Waals surface area contributed by atoms with Crippen LogP contribution in [-0.4, -0.2) is 31.4 Å². The molecule has 116 valence electrons. The number of aromatic nitrogens is 4. The number of carbonyl (C=O) groups is 1. The molecule has 0 aliphatic rings. The minimum atomic E-state index is -0.127. The van der Waals surface area contributed by atoms with E-state index >= 15 is 0 Å². The molecule has 23 heavy (non-hydrogen) atoms. The van der Waals surface area contributed by atoms with Gasteiger partial charge in [-0.3, -0.25) is 4.79 Å². The van der Waals surface area contributed by atoms with Crippen molar-refractivity contribution in [1.29, 1.82) is 0 Å². The van der Waals surface area contributed by atoms with Gasteiger partial charge in [-0.1, -0.05) is 48.2 Å². The molecule has 6 nitrogen and oxygen atoms in total. The second-order valence-electron chi connectivity index (χ2n) is 4.78. The lowest BCUT2D eigenvalue weighted by molar-refractivity contribution is -0.113. The third-order valence-electron chi connectivity index (χ3n) is 3.13. The number of pyridine rings is 1. The summed E-state index contributed by atoms with van der Waals surface area (Å²) in [5, 5.41) is 11.8. The number of nitrogens with zero attached hydrogens (tertiary/aromatic N) is 4. The SMILES string of the molecule is Cn1c(SCC(=O)Nc2ccccn2)nnc1-c1ccccc1. The highest BCUT2D eigenvalue weighted by Crippen LogP contribution is 2.22. The maximum Gasteiger partial charge on any atom is 0.236 e. The topological polar surface area (TPSA) is 72.7 Å². The van der Waals surface area contributed by atoms with Crippen LogP contribution < -0.4 is 5.32 Å². The zero-order valence-corrected chi connectivity index (χ0v) is 13.3. The smallest absolute Gasteiger partial charge is 0.236 e. The molecule has 2 aromatic heterocycles. The Morgan fingerprint density at radius 1 is 1.13 bits per heavy atom. The fourth-order valence-electron chi connectivity index (χ4n) is 2.02. The molecule has 0 aliphatic heterocycles. The first kappa shape index (κ1) is 15.2. The Kier molecular flexibility index (Phi) is 4.68. The molecule has 0 radical (unpaired) electrons. The van der Waals surface area contributed by atoms with Crippen LogP contribution >= 0.6 is 11.8 Å². The van der Waals surface area contributed by atoms with Crippen molar-refractivity contribution in [2.24, 2.45) is 7.05 Å². The quantitative estimate of drug-likeness (QED) is 0.730. The van der Waals surface area contributed by atoms with Crippen molar-refractivity contribution in [3.8, 4) is 11.4 Å². The second-order valence-corrected chi connectivity index (χ2v) is 5.73. The molecule has 0 aliphatic carbocycles. The standard InChI is InChI=1S/C16H15N5OS/c1-21-15(12-7-3-2-4-8-12)19-20-16(21)23-11-14(22)18-13-9-5-6-10-17-13/h2-10H,11H2,1H3,(H,17,18,22). The predicted molar refractivity (Wildman–Crippen MR) is 90.0 cm³/mol. The first-order valence-corrected chi connectivity index (χ1v) is 8.01. The zero-order chi connectivity index (χ0) is 16.1. The number of benzene rings is 1. The van der Waals surface area contributed by atoms with Crippen molar-refractivity contribution < 1.29 is 4.79 Å². The largest absolute Gasteiger partial charge is 0.310 e. The molecule has 0 bridgehead atoms. The minimum absolute atomic E-state index is 0.127. The number of thioether (sulfide) groups is 1. The summed E-state index contributed by atoms with van der Waals surface area (Å²) >= 11 is 1.34. The minimum Gasteiger partial charge on any atom is -0.310 e. The van der Waals surface area contributed by atoms with Gasteiger partial charge in [-0.05, 0) is 12.1 Å². The van der Waals surface area contributed by atoms with Gasteiger partial charge in [0.1, 0.15) is 5.82 Å². The van der Waals surface area contributed by atoms with E-state index in [1.165, 1.54) is 11.8 Å². The van der Waals surface area contributed by atoms with E-state index in [9.17, 15) is 4.79 Å². The summed E-state index contributed by atoms with van der Waals surface area (Å²) in [7, 11) is 1.89. The van der Waals surface area contributed by atoms with Crippen LogP contribution in [0.3, 0.4) is 0 Å². The normalized spacial score (nSPS) is 10.5.